The van der Waals surface area contributed by atoms with Crippen LogP contribution >= 0.6 is 0 Å². The van der Waals surface area contributed by atoms with Crippen LogP contribution in [0.1, 0.15) is 6.42 Å². The van der Waals surface area contributed by atoms with E-state index in [0.717, 1.165) is 5.39 Å². The summed E-state index contributed by atoms with van der Waals surface area (Å²) in [5, 5.41) is 20.0. The smallest absolute Gasteiger partial charge is 0.253 e. The highest BCUT2D eigenvalue weighted by Crippen LogP contribution is 2.21. The first-order valence-corrected chi connectivity index (χ1v) is 5.16. The van der Waals surface area contributed by atoms with Crippen molar-refractivity contribution in [3.05, 3.63) is 40.7 Å². The number of aromatic hydroxyl groups is 1. The van der Waals surface area contributed by atoms with Gasteiger partial charge in [-0.25, -0.2) is 0 Å². The summed E-state index contributed by atoms with van der Waals surface area (Å²) in [5.74, 6) is -0.0310. The number of aliphatic hydroxyl groups is 1. The summed E-state index contributed by atoms with van der Waals surface area (Å²) >= 11 is 0. The Kier molecular flexibility index (Phi) is 2.92. The van der Waals surface area contributed by atoms with Crippen molar-refractivity contribution in [3.8, 4) is 5.88 Å². The zero-order valence-corrected chi connectivity index (χ0v) is 8.76. The number of pyridine rings is 1. The lowest BCUT2D eigenvalue weighted by Gasteiger charge is -2.09. The Balaban J connectivity index is 2.61. The molecule has 0 aliphatic rings. The maximum absolute atomic E-state index is 11.7. The fourth-order valence-electron chi connectivity index (χ4n) is 1.73. The molecule has 2 N–H and O–H groups in total. The predicted molar refractivity (Wildman–Crippen MR) is 61.6 cm³/mol. The Labute approximate surface area is 92.4 Å². The third-order valence-electron chi connectivity index (χ3n) is 2.54. The summed E-state index contributed by atoms with van der Waals surface area (Å²) in [7, 11) is 0. The zero-order chi connectivity index (χ0) is 11.5. The topological polar surface area (TPSA) is 62.5 Å². The van der Waals surface area contributed by atoms with Gasteiger partial charge in [0.15, 0.2) is 0 Å². The van der Waals surface area contributed by atoms with Gasteiger partial charge in [0.25, 0.3) is 5.56 Å². The van der Waals surface area contributed by atoms with Gasteiger partial charge in [0.05, 0.1) is 0 Å². The molecule has 4 nitrogen and oxygen atoms in total. The molecule has 16 heavy (non-hydrogen) atoms. The van der Waals surface area contributed by atoms with Gasteiger partial charge in [-0.05, 0) is 17.9 Å². The van der Waals surface area contributed by atoms with Gasteiger partial charge >= 0.3 is 0 Å². The summed E-state index contributed by atoms with van der Waals surface area (Å²) in [6, 6.07) is 8.67. The van der Waals surface area contributed by atoms with Crippen LogP contribution in [0, 0.1) is 0 Å². The molecule has 0 radical (unpaired) electrons. The van der Waals surface area contributed by atoms with Gasteiger partial charge in [-0.15, -0.1) is 0 Å². The van der Waals surface area contributed by atoms with Crippen molar-refractivity contribution in [2.45, 2.75) is 13.0 Å². The van der Waals surface area contributed by atoms with Gasteiger partial charge in [0.1, 0.15) is 0 Å². The van der Waals surface area contributed by atoms with E-state index in [-0.39, 0.29) is 18.0 Å². The van der Waals surface area contributed by atoms with Crippen LogP contribution in [0.5, 0.6) is 5.88 Å². The van der Waals surface area contributed by atoms with Crippen LogP contribution in [0.2, 0.25) is 0 Å². The molecule has 0 atom stereocenters. The molecular formula is C12H13NO3. The van der Waals surface area contributed by atoms with E-state index >= 15 is 0 Å². The van der Waals surface area contributed by atoms with E-state index in [0.29, 0.717) is 18.4 Å². The van der Waals surface area contributed by atoms with Crippen molar-refractivity contribution in [1.82, 2.24) is 4.57 Å². The molecule has 0 fully saturated rings. The Bertz CT molecular complexity index is 560. The molecule has 2 aromatic rings. The fourth-order valence-corrected chi connectivity index (χ4v) is 1.73. The number of rotatable bonds is 3. The lowest BCUT2D eigenvalue weighted by Crippen LogP contribution is -2.19. The molecule has 0 unspecified atom stereocenters. The molecule has 0 spiro atoms. The third-order valence-corrected chi connectivity index (χ3v) is 2.54. The van der Waals surface area contributed by atoms with E-state index < -0.39 is 0 Å². The minimum absolute atomic E-state index is 0.00128. The molecular weight excluding hydrogens is 206 g/mol. The van der Waals surface area contributed by atoms with E-state index in [2.05, 4.69) is 0 Å². The van der Waals surface area contributed by atoms with Crippen molar-refractivity contribution in [2.24, 2.45) is 0 Å². The van der Waals surface area contributed by atoms with Crippen molar-refractivity contribution >= 4 is 10.8 Å². The van der Waals surface area contributed by atoms with Crippen LogP contribution in [0.3, 0.4) is 0 Å². The third kappa shape index (κ3) is 1.79. The molecule has 0 bridgehead atoms. The number of hydrogen-bond acceptors (Lipinski definition) is 3. The van der Waals surface area contributed by atoms with Crippen LogP contribution in [-0.2, 0) is 6.54 Å². The Hall–Kier alpha value is -1.81. The van der Waals surface area contributed by atoms with Gasteiger partial charge < -0.3 is 10.2 Å². The van der Waals surface area contributed by atoms with Crippen molar-refractivity contribution < 1.29 is 10.2 Å². The molecule has 0 aliphatic carbocycles. The Morgan fingerprint density at radius 2 is 2.00 bits per heavy atom. The minimum atomic E-state index is -0.246. The monoisotopic (exact) mass is 219 g/mol. The van der Waals surface area contributed by atoms with Gasteiger partial charge in [0.2, 0.25) is 5.88 Å². The van der Waals surface area contributed by atoms with Crippen LogP contribution < -0.4 is 5.56 Å². The second-order valence-electron chi connectivity index (χ2n) is 3.62. The first-order chi connectivity index (χ1) is 7.74. The average molecular weight is 219 g/mol. The molecule has 2 rings (SSSR count). The van der Waals surface area contributed by atoms with Crippen molar-refractivity contribution in [3.63, 3.8) is 0 Å². The number of aromatic nitrogens is 1. The molecule has 84 valence electrons. The number of benzene rings is 1. The summed E-state index contributed by atoms with van der Waals surface area (Å²) in [6.07, 6.45) is 0.450. The highest BCUT2D eigenvalue weighted by atomic mass is 16.3. The van der Waals surface area contributed by atoms with E-state index in [9.17, 15) is 9.90 Å². The quantitative estimate of drug-likeness (QED) is 0.812. The van der Waals surface area contributed by atoms with Crippen LogP contribution in [-0.4, -0.2) is 21.4 Å². The van der Waals surface area contributed by atoms with E-state index in [1.165, 1.54) is 10.6 Å². The number of nitrogens with zero attached hydrogens (tertiary/aromatic N) is 1. The summed E-state index contributed by atoms with van der Waals surface area (Å²) in [5.41, 5.74) is -0.246. The van der Waals surface area contributed by atoms with Crippen molar-refractivity contribution in [2.75, 3.05) is 6.61 Å². The van der Waals surface area contributed by atoms with Gasteiger partial charge in [-0.2, -0.15) is 0 Å². The normalized spacial score (nSPS) is 10.8. The van der Waals surface area contributed by atoms with Gasteiger partial charge in [0, 0.05) is 24.6 Å². The molecule has 4 heteroatoms. The molecule has 1 aromatic carbocycles. The average Bonchev–Trinajstić information content (AvgIpc) is 2.29. The molecule has 1 aromatic heterocycles. The molecule has 0 aliphatic heterocycles. The largest absolute Gasteiger partial charge is 0.494 e. The minimum Gasteiger partial charge on any atom is -0.494 e. The van der Waals surface area contributed by atoms with E-state index in [4.69, 9.17) is 5.11 Å². The maximum Gasteiger partial charge on any atom is 0.253 e. The number of aliphatic hydroxyl groups excluding tert-OH is 1. The van der Waals surface area contributed by atoms with Gasteiger partial charge in [-0.3, -0.25) is 9.36 Å². The van der Waals surface area contributed by atoms with Crippen molar-refractivity contribution in [1.29, 1.82) is 0 Å². The molecule has 0 saturated carbocycles. The standard InChI is InChI=1S/C12H13NO3/c14-7-3-6-13-11(15)8-9-4-1-2-5-10(9)12(13)16/h1-2,4-5,8,14,16H,3,6-7H2. The van der Waals surface area contributed by atoms with Crippen LogP contribution in [0.4, 0.5) is 0 Å². The van der Waals surface area contributed by atoms with E-state index in [1.807, 2.05) is 12.1 Å². The Morgan fingerprint density at radius 1 is 1.25 bits per heavy atom. The highest BCUT2D eigenvalue weighted by Gasteiger charge is 2.07. The second kappa shape index (κ2) is 4.37. The molecule has 0 amide bonds. The molecule has 1 heterocycles. The molecule has 0 saturated heterocycles. The first kappa shape index (κ1) is 10.7. The van der Waals surface area contributed by atoms with Crippen LogP contribution in [0.25, 0.3) is 10.8 Å². The zero-order valence-electron chi connectivity index (χ0n) is 8.76. The first-order valence-electron chi connectivity index (χ1n) is 5.16. The number of fused-ring (bicyclic) bond motifs is 1. The van der Waals surface area contributed by atoms with Gasteiger partial charge in [-0.1, -0.05) is 18.2 Å². The van der Waals surface area contributed by atoms with E-state index in [1.54, 1.807) is 12.1 Å². The lowest BCUT2D eigenvalue weighted by molar-refractivity contribution is 0.275. The lowest BCUT2D eigenvalue weighted by atomic mass is 10.1. The summed E-state index contributed by atoms with van der Waals surface area (Å²) < 4.78 is 1.28. The maximum atomic E-state index is 11.7. The summed E-state index contributed by atoms with van der Waals surface area (Å²) in [6.45, 7) is 0.324. The summed E-state index contributed by atoms with van der Waals surface area (Å²) in [4.78, 5) is 11.7. The predicted octanol–water partition coefficient (Wildman–Crippen LogP) is 1.09. The fraction of sp³-hybridized carbons (Fsp3) is 0.250. The second-order valence-corrected chi connectivity index (χ2v) is 3.62. The number of hydrogen-bond donors (Lipinski definition) is 2. The Morgan fingerprint density at radius 3 is 2.75 bits per heavy atom. The van der Waals surface area contributed by atoms with Crippen LogP contribution in [0.15, 0.2) is 35.1 Å². The SMILES string of the molecule is O=c1cc2ccccc2c(O)n1CCCO. The highest BCUT2D eigenvalue weighted by molar-refractivity contribution is 5.86.